The number of ether oxygens (including phenoxy) is 1. The van der Waals surface area contributed by atoms with Gasteiger partial charge in [-0.2, -0.15) is 0 Å². The van der Waals surface area contributed by atoms with Gasteiger partial charge in [-0.05, 0) is 34.1 Å². The minimum atomic E-state index is -0.541. The molecule has 1 unspecified atom stereocenters. The molecule has 17 heavy (non-hydrogen) atoms. The van der Waals surface area contributed by atoms with Gasteiger partial charge < -0.3 is 4.74 Å². The summed E-state index contributed by atoms with van der Waals surface area (Å²) in [6.07, 6.45) is 0.357. The zero-order valence-corrected chi connectivity index (χ0v) is 12.8. The van der Waals surface area contributed by atoms with Gasteiger partial charge in [0.15, 0.2) is 5.78 Å². The molecule has 0 rings (SSSR count). The van der Waals surface area contributed by atoms with Crippen molar-refractivity contribution in [2.24, 2.45) is 0 Å². The topological polar surface area (TPSA) is 46.6 Å². The van der Waals surface area contributed by atoms with Crippen molar-refractivity contribution in [2.75, 3.05) is 11.9 Å². The van der Waals surface area contributed by atoms with E-state index in [0.717, 1.165) is 6.42 Å². The quantitative estimate of drug-likeness (QED) is 0.734. The maximum atomic E-state index is 11.9. The number of alkyl halides is 1. The fourth-order valence-electron chi connectivity index (χ4n) is 1.17. The van der Waals surface area contributed by atoms with Crippen molar-refractivity contribution in [2.45, 2.75) is 52.7 Å². The molecule has 0 fully saturated rings. The Hall–Kier alpha value is -0.580. The van der Waals surface area contributed by atoms with Crippen molar-refractivity contribution >= 4 is 27.8 Å². The first-order valence-electron chi connectivity index (χ1n) is 5.78. The second-order valence-corrected chi connectivity index (χ2v) is 5.60. The summed E-state index contributed by atoms with van der Waals surface area (Å²) in [6.45, 7) is 9.41. The first-order valence-corrected chi connectivity index (χ1v) is 6.90. The number of Topliss-reactive ketones (excluding diaryl/α,β-unsaturated/α-hetero) is 1. The van der Waals surface area contributed by atoms with Gasteiger partial charge in [0.05, 0.1) is 11.9 Å². The molecule has 0 aliphatic carbocycles. The van der Waals surface area contributed by atoms with Crippen LogP contribution in [0.15, 0.2) is 0 Å². The van der Waals surface area contributed by atoms with Crippen LogP contribution in [0.3, 0.4) is 0 Å². The molecule has 0 saturated heterocycles. The van der Waals surface area contributed by atoms with E-state index in [4.69, 9.17) is 4.74 Å². The molecule has 0 aromatic heterocycles. The molecule has 5 heteroatoms. The molecule has 1 amide bonds. The summed E-state index contributed by atoms with van der Waals surface area (Å²) in [4.78, 5) is 24.8. The van der Waals surface area contributed by atoms with Crippen LogP contribution in [0, 0.1) is 0 Å². The van der Waals surface area contributed by atoms with Crippen molar-refractivity contribution in [3.63, 3.8) is 0 Å². The lowest BCUT2D eigenvalue weighted by atomic mass is 10.2. The van der Waals surface area contributed by atoms with Crippen molar-refractivity contribution in [1.82, 2.24) is 4.90 Å². The van der Waals surface area contributed by atoms with Crippen LogP contribution in [0.2, 0.25) is 0 Å². The molecule has 0 aromatic carbocycles. The van der Waals surface area contributed by atoms with E-state index in [1.54, 1.807) is 0 Å². The highest BCUT2D eigenvalue weighted by Crippen LogP contribution is 2.13. The molecular weight excluding hydrogens is 286 g/mol. The van der Waals surface area contributed by atoms with E-state index in [0.29, 0.717) is 0 Å². The van der Waals surface area contributed by atoms with Crippen LogP contribution in [0.25, 0.3) is 0 Å². The fraction of sp³-hybridized carbons (Fsp3) is 0.833. The molecule has 0 aliphatic heterocycles. The van der Waals surface area contributed by atoms with Crippen LogP contribution in [0.4, 0.5) is 4.79 Å². The van der Waals surface area contributed by atoms with Gasteiger partial charge >= 0.3 is 6.09 Å². The molecule has 1 atom stereocenters. The van der Waals surface area contributed by atoms with Crippen LogP contribution in [-0.4, -0.2) is 40.3 Å². The highest BCUT2D eigenvalue weighted by molar-refractivity contribution is 9.09. The maximum absolute atomic E-state index is 11.9. The molecule has 0 bridgehead atoms. The van der Waals surface area contributed by atoms with Crippen LogP contribution in [-0.2, 0) is 9.53 Å². The van der Waals surface area contributed by atoms with Crippen LogP contribution in [0.5, 0.6) is 0 Å². The number of halogens is 1. The first kappa shape index (κ1) is 16.4. The Bertz CT molecular complexity index is 273. The largest absolute Gasteiger partial charge is 0.444 e. The van der Waals surface area contributed by atoms with Gasteiger partial charge in [0.25, 0.3) is 0 Å². The summed E-state index contributed by atoms with van der Waals surface area (Å²) in [5.41, 5.74) is -0.541. The van der Waals surface area contributed by atoms with Crippen molar-refractivity contribution in [1.29, 1.82) is 0 Å². The molecule has 0 saturated carbocycles. The Morgan fingerprint density at radius 2 is 1.88 bits per heavy atom. The van der Waals surface area contributed by atoms with Gasteiger partial charge in [0.1, 0.15) is 5.60 Å². The highest BCUT2D eigenvalue weighted by atomic mass is 79.9. The first-order chi connectivity index (χ1) is 7.71. The molecule has 0 aromatic rings. The summed E-state index contributed by atoms with van der Waals surface area (Å²) in [5.74, 6) is -0.0313. The Balaban J connectivity index is 4.68. The Morgan fingerprint density at radius 3 is 2.24 bits per heavy atom. The summed E-state index contributed by atoms with van der Waals surface area (Å²) in [5, 5.41) is 0.253. The van der Waals surface area contributed by atoms with E-state index < -0.39 is 11.7 Å². The second kappa shape index (κ2) is 6.99. The van der Waals surface area contributed by atoms with Gasteiger partial charge in [0.2, 0.25) is 0 Å². The number of carbonyl (C=O) groups is 2. The van der Waals surface area contributed by atoms with Gasteiger partial charge in [0, 0.05) is 6.04 Å². The lowest BCUT2D eigenvalue weighted by molar-refractivity contribution is -0.118. The summed E-state index contributed by atoms with van der Waals surface area (Å²) in [7, 11) is 0. The van der Waals surface area contributed by atoms with E-state index >= 15 is 0 Å². The molecule has 0 radical (unpaired) electrons. The normalized spacial score (nSPS) is 13.1. The van der Waals surface area contributed by atoms with E-state index in [1.807, 2.05) is 34.6 Å². The average molecular weight is 308 g/mol. The predicted octanol–water partition coefficient (Wildman–Crippen LogP) is 2.99. The molecular formula is C12H22BrNO3. The van der Waals surface area contributed by atoms with Gasteiger partial charge in [-0.15, -0.1) is 0 Å². The SMILES string of the molecule is CCC(C)N(CC(=O)CBr)C(=O)OC(C)(C)C. The van der Waals surface area contributed by atoms with E-state index in [9.17, 15) is 9.59 Å². The summed E-state index contributed by atoms with van der Waals surface area (Å²) < 4.78 is 5.29. The zero-order chi connectivity index (χ0) is 13.6. The van der Waals surface area contributed by atoms with Crippen LogP contribution < -0.4 is 0 Å². The third-order valence-electron chi connectivity index (χ3n) is 2.25. The minimum absolute atomic E-state index is 0.00662. The van der Waals surface area contributed by atoms with E-state index in [1.165, 1.54) is 4.90 Å². The van der Waals surface area contributed by atoms with Gasteiger partial charge in [-0.25, -0.2) is 4.79 Å². The number of carbonyl (C=O) groups excluding carboxylic acids is 2. The molecule has 0 N–H and O–H groups in total. The number of hydrogen-bond acceptors (Lipinski definition) is 3. The summed E-state index contributed by atoms with van der Waals surface area (Å²) in [6, 6.07) is -0.00662. The third-order valence-corrected chi connectivity index (χ3v) is 2.87. The molecule has 0 heterocycles. The second-order valence-electron chi connectivity index (χ2n) is 5.04. The Kier molecular flexibility index (Phi) is 6.75. The number of ketones is 1. The smallest absolute Gasteiger partial charge is 0.410 e. The van der Waals surface area contributed by atoms with Crippen molar-refractivity contribution < 1.29 is 14.3 Å². The number of amides is 1. The van der Waals surface area contributed by atoms with Crippen molar-refractivity contribution in [3.05, 3.63) is 0 Å². The number of nitrogens with zero attached hydrogens (tertiary/aromatic N) is 1. The van der Waals surface area contributed by atoms with Gasteiger partial charge in [-0.3, -0.25) is 9.69 Å². The summed E-state index contributed by atoms with van der Waals surface area (Å²) >= 11 is 3.10. The average Bonchev–Trinajstić information content (AvgIpc) is 2.21. The number of rotatable bonds is 5. The standard InChI is InChI=1S/C12H22BrNO3/c1-6-9(2)14(8-10(15)7-13)11(16)17-12(3,4)5/h9H,6-8H2,1-5H3. The third kappa shape index (κ3) is 6.66. The Morgan fingerprint density at radius 1 is 1.35 bits per heavy atom. The molecule has 100 valence electrons. The van der Waals surface area contributed by atoms with Crippen LogP contribution >= 0.6 is 15.9 Å². The molecule has 0 spiro atoms. The Labute approximate surface area is 112 Å². The lowest BCUT2D eigenvalue weighted by Crippen LogP contribution is -2.44. The van der Waals surface area contributed by atoms with E-state index in [-0.39, 0.29) is 23.7 Å². The van der Waals surface area contributed by atoms with E-state index in [2.05, 4.69) is 15.9 Å². The zero-order valence-electron chi connectivity index (χ0n) is 11.2. The maximum Gasteiger partial charge on any atom is 0.410 e. The van der Waals surface area contributed by atoms with Crippen LogP contribution in [0.1, 0.15) is 41.0 Å². The minimum Gasteiger partial charge on any atom is -0.444 e. The number of hydrogen-bond donors (Lipinski definition) is 0. The molecule has 0 aliphatic rings. The monoisotopic (exact) mass is 307 g/mol. The van der Waals surface area contributed by atoms with Crippen molar-refractivity contribution in [3.8, 4) is 0 Å². The molecule has 4 nitrogen and oxygen atoms in total. The predicted molar refractivity (Wildman–Crippen MR) is 71.5 cm³/mol. The van der Waals surface area contributed by atoms with Gasteiger partial charge in [-0.1, -0.05) is 22.9 Å². The lowest BCUT2D eigenvalue weighted by Gasteiger charge is -2.30. The highest BCUT2D eigenvalue weighted by Gasteiger charge is 2.26. The fourth-order valence-corrected chi connectivity index (χ4v) is 1.35.